The quantitative estimate of drug-likeness (QED) is 0.337. The molecule has 1 aliphatic heterocycles. The first-order chi connectivity index (χ1) is 9.80. The van der Waals surface area contributed by atoms with Gasteiger partial charge < -0.3 is 4.74 Å². The molecule has 1 saturated heterocycles. The first-order valence-electron chi connectivity index (χ1n) is 5.98. The molecule has 2 heterocycles. The van der Waals surface area contributed by atoms with Gasteiger partial charge in [0.2, 0.25) is 0 Å². The smallest absolute Gasteiger partial charge is 0.352 e. The highest BCUT2D eigenvalue weighted by Gasteiger charge is 2.37. The second-order valence-corrected chi connectivity index (χ2v) is 6.16. The Bertz CT molecular complexity index is 638. The van der Waals surface area contributed by atoms with Crippen LogP contribution in [0.3, 0.4) is 0 Å². The molecule has 1 aromatic rings. The summed E-state index contributed by atoms with van der Waals surface area (Å²) in [6.45, 7) is -0.216. The lowest BCUT2D eigenvalue weighted by molar-refractivity contribution is -0.0271. The maximum Gasteiger partial charge on any atom is 0.567 e. The van der Waals surface area contributed by atoms with Crippen LogP contribution in [0.25, 0.3) is 0 Å². The molecule has 11 heteroatoms. The van der Waals surface area contributed by atoms with Crippen LogP contribution in [0.1, 0.15) is 29.4 Å². The van der Waals surface area contributed by atoms with Crippen molar-refractivity contribution in [2.24, 2.45) is 0 Å². The molecule has 0 amide bonds. The van der Waals surface area contributed by atoms with Gasteiger partial charge in [-0.05, 0) is 12.8 Å². The van der Waals surface area contributed by atoms with Crippen molar-refractivity contribution in [3.63, 3.8) is 0 Å². The molecule has 2 rings (SSSR count). The predicted octanol–water partition coefficient (Wildman–Crippen LogP) is 0.0671. The van der Waals surface area contributed by atoms with Gasteiger partial charge in [0.1, 0.15) is 17.5 Å². The molecular weight excluding hydrogens is 323 g/mol. The zero-order valence-corrected chi connectivity index (χ0v) is 12.4. The third-order valence-electron chi connectivity index (χ3n) is 2.95. The summed E-state index contributed by atoms with van der Waals surface area (Å²) in [6.07, 6.45) is 1.67. The van der Waals surface area contributed by atoms with Crippen molar-refractivity contribution in [1.82, 2.24) is 9.55 Å². The van der Waals surface area contributed by atoms with Crippen LogP contribution in [0.5, 0.6) is 0 Å². The Hall–Kier alpha value is -1.00. The van der Waals surface area contributed by atoms with E-state index < -0.39 is 26.2 Å². The fraction of sp³-hybridized carbons (Fsp3) is 0.500. The molecule has 2 atom stereocenters. The summed E-state index contributed by atoms with van der Waals surface area (Å²) in [7, 11) is -4.30. The number of carbonyl (C=O) groups excluding carboxylic acids is 1. The highest BCUT2D eigenvalue weighted by atomic mass is 32.1. The largest absolute Gasteiger partial charge is 0.567 e. The van der Waals surface area contributed by atoms with Crippen LogP contribution in [-0.2, 0) is 9.26 Å². The van der Waals surface area contributed by atoms with Crippen molar-refractivity contribution in [1.29, 1.82) is 0 Å². The molecule has 0 aliphatic carbocycles. The first-order valence-corrected chi connectivity index (χ1v) is 7.95. The van der Waals surface area contributed by atoms with Gasteiger partial charge in [0.25, 0.3) is 0 Å². The van der Waals surface area contributed by atoms with E-state index >= 15 is 0 Å². The highest BCUT2D eigenvalue weighted by Crippen LogP contribution is 2.46. The number of hydrogen-bond acceptors (Lipinski definition) is 8. The van der Waals surface area contributed by atoms with E-state index in [1.54, 1.807) is 0 Å². The van der Waals surface area contributed by atoms with Gasteiger partial charge in [-0.15, -0.1) is 0 Å². The normalized spacial score (nSPS) is 22.4. The molecule has 0 saturated carbocycles. The van der Waals surface area contributed by atoms with Gasteiger partial charge in [0.15, 0.2) is 6.29 Å². The summed E-state index contributed by atoms with van der Waals surface area (Å²) in [5.74, 6) is 0. The van der Waals surface area contributed by atoms with Gasteiger partial charge in [-0.3, -0.25) is 14.3 Å². The molecule has 21 heavy (non-hydrogen) atoms. The van der Waals surface area contributed by atoms with Crippen LogP contribution in [0.2, 0.25) is 0 Å². The van der Waals surface area contributed by atoms with Gasteiger partial charge in [-0.2, -0.15) is 19.2 Å². The van der Waals surface area contributed by atoms with Gasteiger partial charge >= 0.3 is 13.9 Å². The zero-order valence-electron chi connectivity index (χ0n) is 10.7. The standard InChI is InChI=1S/C10H13N2O7PS/c13-4-6-3-12(10(14)11-9(6)21)8-2-1-7(19-8)5-18-20(15,16)17/h3-4,7-8,15-17H,1-2,5H2/p+1. The highest BCUT2D eigenvalue weighted by molar-refractivity contribution is 7.71. The SMILES string of the molecule is O=Cc1cn(C2CCC(CO[P+](O)(O)O)O2)c(=O)[nH]c1=S. The summed E-state index contributed by atoms with van der Waals surface area (Å²) in [4.78, 5) is 51.2. The lowest BCUT2D eigenvalue weighted by Gasteiger charge is -2.15. The van der Waals surface area contributed by atoms with E-state index in [1.807, 2.05) is 0 Å². The molecule has 0 bridgehead atoms. The number of hydrogen-bond donors (Lipinski definition) is 4. The van der Waals surface area contributed by atoms with E-state index in [-0.39, 0.29) is 16.8 Å². The number of H-pyrrole nitrogens is 1. The van der Waals surface area contributed by atoms with Crippen LogP contribution >= 0.6 is 20.4 Å². The van der Waals surface area contributed by atoms with E-state index in [2.05, 4.69) is 9.51 Å². The van der Waals surface area contributed by atoms with Gasteiger partial charge in [-0.25, -0.2) is 4.79 Å². The minimum absolute atomic E-state index is 0.0551. The number of nitrogens with one attached hydrogen (secondary N) is 1. The Kier molecular flexibility index (Phi) is 4.99. The average Bonchev–Trinajstić information content (AvgIpc) is 2.84. The van der Waals surface area contributed by atoms with E-state index in [4.69, 9.17) is 31.6 Å². The van der Waals surface area contributed by atoms with Crippen molar-refractivity contribution < 1.29 is 28.7 Å². The van der Waals surface area contributed by atoms with E-state index in [1.165, 1.54) is 10.8 Å². The van der Waals surface area contributed by atoms with Gasteiger partial charge in [0.05, 0.1) is 11.7 Å². The maximum atomic E-state index is 11.8. The Morgan fingerprint density at radius 3 is 2.86 bits per heavy atom. The Morgan fingerprint density at radius 2 is 2.24 bits per heavy atom. The Balaban J connectivity index is 2.10. The van der Waals surface area contributed by atoms with Crippen molar-refractivity contribution in [3.05, 3.63) is 26.9 Å². The third kappa shape index (κ3) is 4.24. The second-order valence-electron chi connectivity index (χ2n) is 4.47. The van der Waals surface area contributed by atoms with Crippen LogP contribution < -0.4 is 5.69 Å². The van der Waals surface area contributed by atoms with E-state index in [0.29, 0.717) is 19.1 Å². The second kappa shape index (κ2) is 6.41. The number of aldehydes is 1. The molecule has 4 N–H and O–H groups in total. The molecular formula is C10H14N2O7PS+. The maximum absolute atomic E-state index is 11.8. The molecule has 1 aromatic heterocycles. The summed E-state index contributed by atoms with van der Waals surface area (Å²) in [6, 6.07) is 0. The predicted molar refractivity (Wildman–Crippen MR) is 73.9 cm³/mol. The third-order valence-corrected chi connectivity index (χ3v) is 3.78. The minimum Gasteiger partial charge on any atom is -0.352 e. The summed E-state index contributed by atoms with van der Waals surface area (Å²) in [5.41, 5.74) is -0.343. The molecule has 116 valence electrons. The summed E-state index contributed by atoms with van der Waals surface area (Å²) < 4.78 is 11.3. The average molecular weight is 337 g/mol. The van der Waals surface area contributed by atoms with Crippen molar-refractivity contribution in [3.8, 4) is 0 Å². The monoisotopic (exact) mass is 337 g/mol. The van der Waals surface area contributed by atoms with Gasteiger partial charge in [-0.1, -0.05) is 12.2 Å². The lowest BCUT2D eigenvalue weighted by Crippen LogP contribution is -2.28. The molecule has 0 aromatic carbocycles. The number of ether oxygens (including phenoxy) is 1. The molecule has 1 fully saturated rings. The number of aromatic nitrogens is 2. The topological polar surface area (TPSA) is 134 Å². The fourth-order valence-electron chi connectivity index (χ4n) is 2.00. The molecule has 9 nitrogen and oxygen atoms in total. The zero-order chi connectivity index (χ0) is 15.6. The van der Waals surface area contributed by atoms with Crippen LogP contribution in [-0.4, -0.2) is 43.2 Å². The molecule has 0 spiro atoms. The number of rotatable bonds is 5. The number of carbonyl (C=O) groups is 1. The van der Waals surface area contributed by atoms with Crippen molar-refractivity contribution in [2.45, 2.75) is 25.2 Å². The van der Waals surface area contributed by atoms with Crippen molar-refractivity contribution >= 4 is 26.7 Å². The molecule has 0 radical (unpaired) electrons. The van der Waals surface area contributed by atoms with E-state index in [9.17, 15) is 9.59 Å². The first kappa shape index (κ1) is 16.4. The van der Waals surface area contributed by atoms with Crippen LogP contribution in [0.4, 0.5) is 0 Å². The van der Waals surface area contributed by atoms with Crippen LogP contribution in [0, 0.1) is 4.64 Å². The number of aromatic amines is 1. The summed E-state index contributed by atoms with van der Waals surface area (Å²) >= 11 is 4.84. The lowest BCUT2D eigenvalue weighted by atomic mass is 10.2. The molecule has 2 unspecified atom stereocenters. The minimum atomic E-state index is -4.30. The van der Waals surface area contributed by atoms with Crippen LogP contribution in [0.15, 0.2) is 11.0 Å². The van der Waals surface area contributed by atoms with Gasteiger partial charge in [0, 0.05) is 6.20 Å². The Morgan fingerprint density at radius 1 is 1.52 bits per heavy atom. The Labute approximate surface area is 124 Å². The van der Waals surface area contributed by atoms with E-state index in [0.717, 1.165) is 0 Å². The molecule has 1 aliphatic rings. The number of nitrogens with zero attached hydrogens (tertiary/aromatic N) is 1. The fourth-order valence-corrected chi connectivity index (χ4v) is 2.55. The van der Waals surface area contributed by atoms with Crippen molar-refractivity contribution in [2.75, 3.05) is 6.61 Å². The summed E-state index contributed by atoms with van der Waals surface area (Å²) in [5, 5.41) is 0.